The molecule has 0 unspecified atom stereocenters. The second-order valence-corrected chi connectivity index (χ2v) is 7.56. The van der Waals surface area contributed by atoms with Crippen molar-refractivity contribution in [2.24, 2.45) is 4.99 Å². The van der Waals surface area contributed by atoms with Crippen LogP contribution in [-0.4, -0.2) is 32.0 Å². The first kappa shape index (κ1) is 23.5. The zero-order chi connectivity index (χ0) is 20.0. The number of halogens is 2. The maximum absolute atomic E-state index is 11.8. The van der Waals surface area contributed by atoms with E-state index in [-0.39, 0.29) is 35.3 Å². The number of rotatable bonds is 7. The normalized spacial score (nSPS) is 14.5. The van der Waals surface area contributed by atoms with Crippen LogP contribution in [0.2, 0.25) is 5.02 Å². The van der Waals surface area contributed by atoms with Crippen molar-refractivity contribution in [2.45, 2.75) is 31.7 Å². The topological polar surface area (TPSA) is 65.5 Å². The third-order valence-electron chi connectivity index (χ3n) is 5.06. The Bertz CT molecular complexity index is 867. The van der Waals surface area contributed by atoms with E-state index in [1.165, 1.54) is 5.56 Å². The minimum Gasteiger partial charge on any atom is -0.357 e. The summed E-state index contributed by atoms with van der Waals surface area (Å²) in [5.74, 6) is 0.689. The van der Waals surface area contributed by atoms with Crippen molar-refractivity contribution in [3.63, 3.8) is 0 Å². The molecule has 5 nitrogen and oxygen atoms in total. The Morgan fingerprint density at radius 2 is 1.90 bits per heavy atom. The largest absolute Gasteiger partial charge is 0.357 e. The van der Waals surface area contributed by atoms with E-state index in [1.54, 1.807) is 13.1 Å². The Balaban J connectivity index is 0.00000300. The summed E-state index contributed by atoms with van der Waals surface area (Å²) in [5, 5.41) is 10.2. The van der Waals surface area contributed by atoms with Gasteiger partial charge < -0.3 is 16.0 Å². The summed E-state index contributed by atoms with van der Waals surface area (Å²) in [4.78, 5) is 16.5. The predicted molar refractivity (Wildman–Crippen MR) is 130 cm³/mol. The van der Waals surface area contributed by atoms with Crippen LogP contribution < -0.4 is 16.0 Å². The average Bonchev–Trinajstić information content (AvgIpc) is 3.51. The summed E-state index contributed by atoms with van der Waals surface area (Å²) in [6.45, 7) is 4.16. The van der Waals surface area contributed by atoms with Gasteiger partial charge in [-0.15, -0.1) is 24.0 Å². The molecule has 0 saturated heterocycles. The molecule has 0 aliphatic heterocycles. The zero-order valence-corrected chi connectivity index (χ0v) is 19.9. The van der Waals surface area contributed by atoms with Crippen LogP contribution in [0.4, 0.5) is 0 Å². The summed E-state index contributed by atoms with van der Waals surface area (Å²) >= 11 is 6.17. The summed E-state index contributed by atoms with van der Waals surface area (Å²) in [6.07, 6.45) is 2.29. The Morgan fingerprint density at radius 1 is 1.14 bits per heavy atom. The second-order valence-electron chi connectivity index (χ2n) is 7.12. The highest BCUT2D eigenvalue weighted by Gasteiger charge is 2.44. The molecule has 1 fully saturated rings. The van der Waals surface area contributed by atoms with Gasteiger partial charge in [-0.2, -0.15) is 0 Å². The Labute approximate surface area is 194 Å². The summed E-state index contributed by atoms with van der Waals surface area (Å²) in [5.41, 5.74) is 3.06. The highest BCUT2D eigenvalue weighted by Crippen LogP contribution is 2.48. The number of hydrogen-bond donors (Lipinski definition) is 3. The molecule has 156 valence electrons. The van der Waals surface area contributed by atoms with E-state index < -0.39 is 0 Å². The van der Waals surface area contributed by atoms with E-state index >= 15 is 0 Å². The van der Waals surface area contributed by atoms with Crippen molar-refractivity contribution >= 4 is 47.4 Å². The minimum atomic E-state index is -0.0898. The number of guanidine groups is 1. The molecule has 0 spiro atoms. The van der Waals surface area contributed by atoms with Gasteiger partial charge in [-0.3, -0.25) is 4.79 Å². The van der Waals surface area contributed by atoms with Gasteiger partial charge in [-0.1, -0.05) is 35.9 Å². The van der Waals surface area contributed by atoms with Gasteiger partial charge in [0.25, 0.3) is 5.91 Å². The van der Waals surface area contributed by atoms with Crippen LogP contribution >= 0.6 is 35.6 Å². The van der Waals surface area contributed by atoms with Gasteiger partial charge in [0.15, 0.2) is 5.96 Å². The average molecular weight is 527 g/mol. The molecule has 0 heterocycles. The lowest BCUT2D eigenvalue weighted by atomic mass is 9.96. The molecule has 1 aliphatic rings. The van der Waals surface area contributed by atoms with Crippen LogP contribution in [-0.2, 0) is 12.0 Å². The lowest BCUT2D eigenvalue weighted by Crippen LogP contribution is -2.41. The molecular formula is C22H28ClIN4O. The molecule has 0 radical (unpaired) electrons. The van der Waals surface area contributed by atoms with E-state index in [1.807, 2.05) is 37.3 Å². The van der Waals surface area contributed by atoms with Crippen LogP contribution in [0.3, 0.4) is 0 Å². The van der Waals surface area contributed by atoms with E-state index in [9.17, 15) is 4.79 Å². The zero-order valence-electron chi connectivity index (χ0n) is 16.8. The number of carbonyl (C=O) groups is 1. The molecule has 7 heteroatoms. The van der Waals surface area contributed by atoms with Crippen molar-refractivity contribution in [1.82, 2.24) is 16.0 Å². The third kappa shape index (κ3) is 6.34. The van der Waals surface area contributed by atoms with E-state index in [0.717, 1.165) is 42.5 Å². The van der Waals surface area contributed by atoms with E-state index in [4.69, 9.17) is 11.6 Å². The molecule has 3 rings (SSSR count). The van der Waals surface area contributed by atoms with Gasteiger partial charge >= 0.3 is 0 Å². The van der Waals surface area contributed by atoms with Crippen molar-refractivity contribution in [3.05, 3.63) is 70.2 Å². The molecular weight excluding hydrogens is 499 g/mol. The fourth-order valence-electron chi connectivity index (χ4n) is 3.26. The standard InChI is InChI=1S/C22H27ClN4O.HI/c1-3-25-21(26-14-16-6-4-7-17(12-16)20(28)24-2)27-15-22(10-11-22)18-8-5-9-19(23)13-18;/h4-9,12-13H,3,10-11,14-15H2,1-2H3,(H,24,28)(H2,25,26,27);1H. The molecule has 0 atom stereocenters. The van der Waals surface area contributed by atoms with Gasteiger partial charge in [0.05, 0.1) is 6.54 Å². The third-order valence-corrected chi connectivity index (χ3v) is 5.30. The molecule has 1 saturated carbocycles. The predicted octanol–water partition coefficient (Wildman–Crippen LogP) is 4.10. The highest BCUT2D eigenvalue weighted by molar-refractivity contribution is 14.0. The fraction of sp³-hybridized carbons (Fsp3) is 0.364. The number of carbonyl (C=O) groups excluding carboxylic acids is 1. The second kappa shape index (κ2) is 10.8. The van der Waals surface area contributed by atoms with Gasteiger partial charge in [0.2, 0.25) is 0 Å². The van der Waals surface area contributed by atoms with Crippen molar-refractivity contribution in [2.75, 3.05) is 20.1 Å². The van der Waals surface area contributed by atoms with Gasteiger partial charge in [0, 0.05) is 36.1 Å². The first-order valence-corrected chi connectivity index (χ1v) is 10.0. The van der Waals surface area contributed by atoms with Gasteiger partial charge in [-0.05, 0) is 55.2 Å². The van der Waals surface area contributed by atoms with Crippen molar-refractivity contribution in [3.8, 4) is 0 Å². The van der Waals surface area contributed by atoms with Crippen molar-refractivity contribution in [1.29, 1.82) is 0 Å². The Morgan fingerprint density at radius 3 is 2.55 bits per heavy atom. The van der Waals surface area contributed by atoms with E-state index in [0.29, 0.717) is 12.1 Å². The van der Waals surface area contributed by atoms with Crippen LogP contribution in [0.25, 0.3) is 0 Å². The van der Waals surface area contributed by atoms with Crippen LogP contribution in [0, 0.1) is 0 Å². The lowest BCUT2D eigenvalue weighted by molar-refractivity contribution is 0.0963. The maximum Gasteiger partial charge on any atom is 0.251 e. The maximum atomic E-state index is 11.8. The van der Waals surface area contributed by atoms with Crippen LogP contribution in [0.1, 0.15) is 41.3 Å². The molecule has 1 amide bonds. The highest BCUT2D eigenvalue weighted by atomic mass is 127. The van der Waals surface area contributed by atoms with E-state index in [2.05, 4.69) is 33.1 Å². The molecule has 29 heavy (non-hydrogen) atoms. The summed E-state index contributed by atoms with van der Waals surface area (Å²) < 4.78 is 0. The number of aliphatic imine (C=N–C) groups is 1. The lowest BCUT2D eigenvalue weighted by Gasteiger charge is -2.19. The number of nitrogens with zero attached hydrogens (tertiary/aromatic N) is 1. The molecule has 2 aromatic rings. The quantitative estimate of drug-likeness (QED) is 0.289. The first-order valence-electron chi connectivity index (χ1n) is 9.65. The molecule has 0 bridgehead atoms. The smallest absolute Gasteiger partial charge is 0.251 e. The van der Waals surface area contributed by atoms with Crippen LogP contribution in [0.15, 0.2) is 53.5 Å². The summed E-state index contributed by atoms with van der Waals surface area (Å²) in [7, 11) is 1.63. The molecule has 2 aromatic carbocycles. The summed E-state index contributed by atoms with van der Waals surface area (Å²) in [6, 6.07) is 15.7. The number of benzene rings is 2. The molecule has 3 N–H and O–H groups in total. The Kier molecular flexibility index (Phi) is 8.77. The van der Waals surface area contributed by atoms with Gasteiger partial charge in [0.1, 0.15) is 0 Å². The fourth-order valence-corrected chi connectivity index (χ4v) is 3.45. The minimum absolute atomic E-state index is 0. The van der Waals surface area contributed by atoms with Gasteiger partial charge in [-0.25, -0.2) is 4.99 Å². The monoisotopic (exact) mass is 526 g/mol. The number of nitrogens with one attached hydrogen (secondary N) is 3. The Hall–Kier alpha value is -1.80. The van der Waals surface area contributed by atoms with Crippen LogP contribution in [0.5, 0.6) is 0 Å². The number of amides is 1. The number of hydrogen-bond acceptors (Lipinski definition) is 2. The first-order chi connectivity index (χ1) is 13.6. The molecule has 0 aromatic heterocycles. The SMILES string of the molecule is CCNC(=NCc1cccc(C(=O)NC)c1)NCC1(c2cccc(Cl)c2)CC1.I. The molecule has 1 aliphatic carbocycles. The van der Waals surface area contributed by atoms with Crippen molar-refractivity contribution < 1.29 is 4.79 Å².